The molecule has 1 saturated heterocycles. The lowest BCUT2D eigenvalue weighted by Gasteiger charge is -2.18. The third-order valence-electron chi connectivity index (χ3n) is 4.51. The highest BCUT2D eigenvalue weighted by Crippen LogP contribution is 2.30. The fraction of sp³-hybridized carbons (Fsp3) is 0.300. The molecule has 2 aromatic carbocycles. The van der Waals surface area contributed by atoms with E-state index >= 15 is 0 Å². The smallest absolute Gasteiger partial charge is 0.338 e. The highest BCUT2D eigenvalue weighted by Gasteiger charge is 2.31. The number of Topliss-reactive ketones (excluding diaryl/α,β-unsaturated/α-hetero) is 1. The second-order valence-corrected chi connectivity index (χ2v) is 8.25. The fourth-order valence-electron chi connectivity index (χ4n) is 2.99. The van der Waals surface area contributed by atoms with Crippen LogP contribution in [0.2, 0.25) is 0 Å². The van der Waals surface area contributed by atoms with Crippen molar-refractivity contribution in [3.63, 3.8) is 0 Å². The van der Waals surface area contributed by atoms with Crippen molar-refractivity contribution in [3.05, 3.63) is 59.7 Å². The van der Waals surface area contributed by atoms with Crippen molar-refractivity contribution < 1.29 is 27.5 Å². The lowest BCUT2D eigenvalue weighted by atomic mass is 10.1. The zero-order valence-corrected chi connectivity index (χ0v) is 16.3. The van der Waals surface area contributed by atoms with Crippen molar-refractivity contribution in [2.75, 3.05) is 26.8 Å². The lowest BCUT2D eigenvalue weighted by Crippen LogP contribution is -2.28. The van der Waals surface area contributed by atoms with Gasteiger partial charge in [0.1, 0.15) is 10.6 Å². The van der Waals surface area contributed by atoms with E-state index in [-0.39, 0.29) is 22.0 Å². The van der Waals surface area contributed by atoms with E-state index < -0.39 is 22.6 Å². The molecule has 0 radical (unpaired) electrons. The number of methoxy groups -OCH3 is 1. The number of ketones is 1. The topological polar surface area (TPSA) is 90.0 Å². The minimum atomic E-state index is -3.78. The van der Waals surface area contributed by atoms with E-state index in [4.69, 9.17) is 9.47 Å². The van der Waals surface area contributed by atoms with E-state index in [0.29, 0.717) is 18.7 Å². The second kappa shape index (κ2) is 8.53. The van der Waals surface area contributed by atoms with Crippen LogP contribution in [0.3, 0.4) is 0 Å². The number of sulfonamides is 1. The van der Waals surface area contributed by atoms with Crippen LogP contribution in [0, 0.1) is 0 Å². The molecule has 1 aliphatic rings. The molecule has 0 bridgehead atoms. The standard InChI is InChI=1S/C20H21NO6S/c1-26-18-10-9-16(13-19(18)28(24,25)21-11-5-6-12-21)20(23)27-14-17(22)15-7-3-2-4-8-15/h2-4,7-10,13H,5-6,11-12,14H2,1H3. The van der Waals surface area contributed by atoms with Crippen LogP contribution in [0.25, 0.3) is 0 Å². The van der Waals surface area contributed by atoms with Crippen molar-refractivity contribution >= 4 is 21.8 Å². The first-order valence-electron chi connectivity index (χ1n) is 8.87. The van der Waals surface area contributed by atoms with Crippen LogP contribution in [0.4, 0.5) is 0 Å². The van der Waals surface area contributed by atoms with Crippen LogP contribution < -0.4 is 4.74 Å². The summed E-state index contributed by atoms with van der Waals surface area (Å²) in [6.07, 6.45) is 1.59. The SMILES string of the molecule is COc1ccc(C(=O)OCC(=O)c2ccccc2)cc1S(=O)(=O)N1CCCC1. The maximum absolute atomic E-state index is 12.9. The Kier molecular flexibility index (Phi) is 6.11. The predicted molar refractivity (Wildman–Crippen MR) is 102 cm³/mol. The molecule has 0 aliphatic carbocycles. The molecule has 148 valence electrons. The first-order valence-corrected chi connectivity index (χ1v) is 10.3. The summed E-state index contributed by atoms with van der Waals surface area (Å²) in [6, 6.07) is 12.5. The molecule has 0 spiro atoms. The molecule has 2 aromatic rings. The molecule has 0 aromatic heterocycles. The molecule has 0 unspecified atom stereocenters. The van der Waals surface area contributed by atoms with Crippen LogP contribution in [0.15, 0.2) is 53.4 Å². The molecule has 0 saturated carbocycles. The Morgan fingerprint density at radius 3 is 2.32 bits per heavy atom. The van der Waals surface area contributed by atoms with Crippen molar-refractivity contribution in [1.82, 2.24) is 4.31 Å². The van der Waals surface area contributed by atoms with Crippen molar-refractivity contribution in [1.29, 1.82) is 0 Å². The summed E-state index contributed by atoms with van der Waals surface area (Å²) in [4.78, 5) is 24.4. The van der Waals surface area contributed by atoms with Crippen molar-refractivity contribution in [2.45, 2.75) is 17.7 Å². The van der Waals surface area contributed by atoms with Gasteiger partial charge in [-0.2, -0.15) is 4.31 Å². The van der Waals surface area contributed by atoms with E-state index in [1.54, 1.807) is 30.3 Å². The van der Waals surface area contributed by atoms with Crippen LogP contribution in [0.5, 0.6) is 5.75 Å². The summed E-state index contributed by atoms with van der Waals surface area (Å²) >= 11 is 0. The monoisotopic (exact) mass is 403 g/mol. The van der Waals surface area contributed by atoms with Crippen molar-refractivity contribution in [2.24, 2.45) is 0 Å². The molecular weight excluding hydrogens is 382 g/mol. The minimum Gasteiger partial charge on any atom is -0.495 e. The molecule has 28 heavy (non-hydrogen) atoms. The minimum absolute atomic E-state index is 0.0411. The first kappa shape index (κ1) is 20.0. The number of carbonyl (C=O) groups is 2. The van der Waals surface area contributed by atoms with E-state index in [1.807, 2.05) is 0 Å². The fourth-order valence-corrected chi connectivity index (χ4v) is 4.69. The summed E-state index contributed by atoms with van der Waals surface area (Å²) in [7, 11) is -2.41. The Morgan fingerprint density at radius 1 is 1.00 bits per heavy atom. The van der Waals surface area contributed by atoms with Crippen LogP contribution in [0.1, 0.15) is 33.6 Å². The highest BCUT2D eigenvalue weighted by atomic mass is 32.2. The molecule has 1 aliphatic heterocycles. The van der Waals surface area contributed by atoms with Crippen LogP contribution in [-0.4, -0.2) is 51.3 Å². The molecular formula is C20H21NO6S. The molecule has 1 heterocycles. The van der Waals surface area contributed by atoms with Crippen LogP contribution in [-0.2, 0) is 14.8 Å². The van der Waals surface area contributed by atoms with Gasteiger partial charge < -0.3 is 9.47 Å². The summed E-state index contributed by atoms with van der Waals surface area (Å²) in [5.41, 5.74) is 0.474. The number of esters is 1. The number of hydrogen-bond donors (Lipinski definition) is 0. The molecule has 0 amide bonds. The number of benzene rings is 2. The lowest BCUT2D eigenvalue weighted by molar-refractivity contribution is 0.0474. The van der Waals surface area contributed by atoms with Gasteiger partial charge in [-0.1, -0.05) is 30.3 Å². The Bertz CT molecular complexity index is 965. The Hall–Kier alpha value is -2.71. The van der Waals surface area contributed by atoms with Gasteiger partial charge in [-0.25, -0.2) is 13.2 Å². The number of carbonyl (C=O) groups excluding carboxylic acids is 2. The van der Waals surface area contributed by atoms with Gasteiger partial charge in [0.05, 0.1) is 12.7 Å². The molecule has 7 nitrogen and oxygen atoms in total. The largest absolute Gasteiger partial charge is 0.495 e. The third-order valence-corrected chi connectivity index (χ3v) is 6.43. The first-order chi connectivity index (χ1) is 13.4. The summed E-state index contributed by atoms with van der Waals surface area (Å²) < 4.78 is 37.4. The van der Waals surface area contributed by atoms with E-state index in [2.05, 4.69) is 0 Å². The normalized spacial score (nSPS) is 14.6. The Labute approximate surface area is 163 Å². The summed E-state index contributed by atoms with van der Waals surface area (Å²) in [5, 5.41) is 0. The number of ether oxygens (including phenoxy) is 2. The molecule has 0 atom stereocenters. The Balaban J connectivity index is 1.78. The Morgan fingerprint density at radius 2 is 1.68 bits per heavy atom. The molecule has 1 fully saturated rings. The van der Waals surface area contributed by atoms with Gasteiger partial charge in [-0.3, -0.25) is 4.79 Å². The van der Waals surface area contributed by atoms with E-state index in [1.165, 1.54) is 29.6 Å². The van der Waals surface area contributed by atoms with Crippen LogP contribution >= 0.6 is 0 Å². The maximum atomic E-state index is 12.9. The summed E-state index contributed by atoms with van der Waals surface area (Å²) in [5.74, 6) is -0.957. The molecule has 0 N–H and O–H groups in total. The zero-order valence-electron chi connectivity index (χ0n) is 15.5. The maximum Gasteiger partial charge on any atom is 0.338 e. The van der Waals surface area contributed by atoms with Gasteiger partial charge in [-0.15, -0.1) is 0 Å². The number of rotatable bonds is 7. The quantitative estimate of drug-likeness (QED) is 0.521. The summed E-state index contributed by atoms with van der Waals surface area (Å²) in [6.45, 7) is 0.445. The van der Waals surface area contributed by atoms with Gasteiger partial charge in [0.2, 0.25) is 10.0 Å². The zero-order chi connectivity index (χ0) is 20.1. The van der Waals surface area contributed by atoms with Gasteiger partial charge in [-0.05, 0) is 31.0 Å². The van der Waals surface area contributed by atoms with Gasteiger partial charge >= 0.3 is 5.97 Å². The predicted octanol–water partition coefficient (Wildman–Crippen LogP) is 2.52. The average molecular weight is 403 g/mol. The highest BCUT2D eigenvalue weighted by molar-refractivity contribution is 7.89. The third kappa shape index (κ3) is 4.23. The van der Waals surface area contributed by atoms with Gasteiger partial charge in [0, 0.05) is 18.7 Å². The molecule has 3 rings (SSSR count). The molecule has 8 heteroatoms. The van der Waals surface area contributed by atoms with E-state index in [9.17, 15) is 18.0 Å². The van der Waals surface area contributed by atoms with Crippen molar-refractivity contribution in [3.8, 4) is 5.75 Å². The number of hydrogen-bond acceptors (Lipinski definition) is 6. The van der Waals surface area contributed by atoms with Gasteiger partial charge in [0.25, 0.3) is 0 Å². The number of nitrogens with zero attached hydrogens (tertiary/aromatic N) is 1. The second-order valence-electron chi connectivity index (χ2n) is 6.34. The van der Waals surface area contributed by atoms with E-state index in [0.717, 1.165) is 12.8 Å². The van der Waals surface area contributed by atoms with Gasteiger partial charge in [0.15, 0.2) is 12.4 Å². The average Bonchev–Trinajstić information content (AvgIpc) is 3.27.